The fourth-order valence-corrected chi connectivity index (χ4v) is 4.23. The molecule has 5 nitrogen and oxygen atoms in total. The highest BCUT2D eigenvalue weighted by molar-refractivity contribution is 14.0. The highest BCUT2D eigenvalue weighted by atomic mass is 127. The maximum Gasteiger partial charge on any atom is 0.193 e. The van der Waals surface area contributed by atoms with Crippen molar-refractivity contribution in [1.29, 1.82) is 0 Å². The monoisotopic (exact) mass is 507 g/mol. The minimum Gasteiger partial charge on any atom is -0.393 e. The molecule has 1 aromatic carbocycles. The third-order valence-electron chi connectivity index (χ3n) is 5.53. The topological polar surface area (TPSA) is 57.1 Å². The van der Waals surface area contributed by atoms with Crippen LogP contribution in [0, 0.1) is 0 Å². The minimum atomic E-state index is -0.181. The first-order chi connectivity index (χ1) is 12.6. The van der Waals surface area contributed by atoms with Crippen molar-refractivity contribution in [2.24, 2.45) is 4.99 Å². The molecule has 2 saturated heterocycles. The van der Waals surface area contributed by atoms with Crippen LogP contribution in [-0.4, -0.2) is 61.5 Å². The average Bonchev–Trinajstić information content (AvgIpc) is 2.67. The van der Waals surface area contributed by atoms with E-state index >= 15 is 0 Å². The van der Waals surface area contributed by atoms with Gasteiger partial charge in [-0.3, -0.25) is 4.99 Å². The summed E-state index contributed by atoms with van der Waals surface area (Å²) in [6, 6.07) is 8.13. The Morgan fingerprint density at radius 3 is 2.59 bits per heavy atom. The standard InChI is InChI=1S/C20H30ClN3O2.HI/c1-2-22-19(24-11-7-16(25)8-12-24)23-15-20(9-13-26-14-10-20)17-5-3-4-6-18(17)21;/h3-6,16,25H,2,7-15H2,1H3,(H,22,23);1H. The molecule has 2 N–H and O–H groups in total. The molecule has 7 heteroatoms. The zero-order valence-corrected chi connectivity index (χ0v) is 19.1. The number of halogens is 2. The van der Waals surface area contributed by atoms with Gasteiger partial charge in [0.25, 0.3) is 0 Å². The van der Waals surface area contributed by atoms with E-state index in [-0.39, 0.29) is 35.5 Å². The number of aliphatic hydroxyl groups excluding tert-OH is 1. The Labute approximate surface area is 184 Å². The molecule has 0 bridgehead atoms. The Bertz CT molecular complexity index is 615. The number of aliphatic hydroxyl groups is 1. The Morgan fingerprint density at radius 1 is 1.30 bits per heavy atom. The molecule has 0 unspecified atom stereocenters. The van der Waals surface area contributed by atoms with Gasteiger partial charge in [-0.1, -0.05) is 29.8 Å². The van der Waals surface area contributed by atoms with Crippen molar-refractivity contribution in [2.75, 3.05) is 39.4 Å². The van der Waals surface area contributed by atoms with E-state index in [9.17, 15) is 5.11 Å². The number of likely N-dealkylation sites (tertiary alicyclic amines) is 1. The molecule has 0 aromatic heterocycles. The van der Waals surface area contributed by atoms with Crippen LogP contribution in [-0.2, 0) is 10.2 Å². The van der Waals surface area contributed by atoms with Crippen molar-refractivity contribution < 1.29 is 9.84 Å². The molecule has 0 amide bonds. The molecule has 2 aliphatic rings. The Morgan fingerprint density at radius 2 is 1.96 bits per heavy atom. The summed E-state index contributed by atoms with van der Waals surface area (Å²) in [4.78, 5) is 7.27. The van der Waals surface area contributed by atoms with Crippen molar-refractivity contribution in [1.82, 2.24) is 10.2 Å². The molecule has 152 valence electrons. The van der Waals surface area contributed by atoms with Crippen LogP contribution in [0.3, 0.4) is 0 Å². The predicted molar refractivity (Wildman–Crippen MR) is 121 cm³/mol. The van der Waals surface area contributed by atoms with Crippen molar-refractivity contribution >= 4 is 41.5 Å². The lowest BCUT2D eigenvalue weighted by molar-refractivity contribution is 0.0529. The number of hydrogen-bond donors (Lipinski definition) is 2. The van der Waals surface area contributed by atoms with E-state index in [2.05, 4.69) is 29.3 Å². The van der Waals surface area contributed by atoms with Crippen molar-refractivity contribution in [3.05, 3.63) is 34.9 Å². The van der Waals surface area contributed by atoms with E-state index in [4.69, 9.17) is 21.3 Å². The Hall–Kier alpha value is -0.570. The zero-order valence-electron chi connectivity index (χ0n) is 16.0. The SMILES string of the molecule is CCNC(=NCC1(c2ccccc2Cl)CCOCC1)N1CCC(O)CC1.I. The Kier molecular flexibility index (Phi) is 9.11. The maximum absolute atomic E-state index is 9.78. The van der Waals surface area contributed by atoms with Crippen molar-refractivity contribution in [3.63, 3.8) is 0 Å². The summed E-state index contributed by atoms with van der Waals surface area (Å²) in [6.07, 6.45) is 3.28. The number of hydrogen-bond acceptors (Lipinski definition) is 3. The average molecular weight is 508 g/mol. The summed E-state index contributed by atoms with van der Waals surface area (Å²) < 4.78 is 5.62. The van der Waals surface area contributed by atoms with Gasteiger partial charge in [-0.25, -0.2) is 0 Å². The number of benzene rings is 1. The third kappa shape index (κ3) is 5.71. The van der Waals surface area contributed by atoms with E-state index in [0.29, 0.717) is 6.54 Å². The van der Waals surface area contributed by atoms with Gasteiger partial charge in [0, 0.05) is 43.3 Å². The fourth-order valence-electron chi connectivity index (χ4n) is 3.90. The largest absolute Gasteiger partial charge is 0.393 e. The Balaban J connectivity index is 0.00000261. The summed E-state index contributed by atoms with van der Waals surface area (Å²) >= 11 is 6.55. The van der Waals surface area contributed by atoms with Crippen LogP contribution in [0.1, 0.15) is 38.2 Å². The van der Waals surface area contributed by atoms with Crippen LogP contribution < -0.4 is 5.32 Å². The van der Waals surface area contributed by atoms with Crippen LogP contribution in [0.15, 0.2) is 29.3 Å². The molecule has 0 radical (unpaired) electrons. The number of piperidine rings is 1. The number of nitrogens with one attached hydrogen (secondary N) is 1. The molecule has 2 heterocycles. The van der Waals surface area contributed by atoms with Crippen LogP contribution in [0.5, 0.6) is 0 Å². The predicted octanol–water partition coefficient (Wildman–Crippen LogP) is 3.43. The first kappa shape index (κ1) is 22.7. The fraction of sp³-hybridized carbons (Fsp3) is 0.650. The van der Waals surface area contributed by atoms with Gasteiger partial charge in [0.1, 0.15) is 0 Å². The third-order valence-corrected chi connectivity index (χ3v) is 5.86. The highest BCUT2D eigenvalue weighted by Gasteiger charge is 2.36. The smallest absolute Gasteiger partial charge is 0.193 e. The van der Waals surface area contributed by atoms with Crippen LogP contribution in [0.4, 0.5) is 0 Å². The molecule has 2 aliphatic heterocycles. The van der Waals surface area contributed by atoms with E-state index < -0.39 is 0 Å². The highest BCUT2D eigenvalue weighted by Crippen LogP contribution is 2.39. The summed E-state index contributed by atoms with van der Waals surface area (Å²) in [5.41, 5.74) is 1.10. The van der Waals surface area contributed by atoms with Crippen LogP contribution >= 0.6 is 35.6 Å². The molecule has 2 fully saturated rings. The van der Waals surface area contributed by atoms with Gasteiger partial charge in [-0.05, 0) is 44.2 Å². The second-order valence-corrected chi connectivity index (χ2v) is 7.67. The number of aliphatic imine (C=N–C) groups is 1. The lowest BCUT2D eigenvalue weighted by Gasteiger charge is -2.38. The van der Waals surface area contributed by atoms with Gasteiger partial charge in [0.05, 0.1) is 12.6 Å². The number of nitrogens with zero attached hydrogens (tertiary/aromatic N) is 2. The molecule has 3 rings (SSSR count). The van der Waals surface area contributed by atoms with E-state index in [0.717, 1.165) is 69.5 Å². The lowest BCUT2D eigenvalue weighted by Crippen LogP contribution is -2.47. The van der Waals surface area contributed by atoms with Crippen molar-refractivity contribution in [2.45, 2.75) is 44.1 Å². The van der Waals surface area contributed by atoms with Gasteiger partial charge in [-0.2, -0.15) is 0 Å². The normalized spacial score (nSPS) is 20.9. The second kappa shape index (κ2) is 10.8. The van der Waals surface area contributed by atoms with E-state index in [1.54, 1.807) is 0 Å². The summed E-state index contributed by atoms with van der Waals surface area (Å²) in [5, 5.41) is 14.0. The number of ether oxygens (including phenoxy) is 1. The number of rotatable bonds is 4. The molecular weight excluding hydrogens is 477 g/mol. The first-order valence-corrected chi connectivity index (χ1v) is 10.1. The molecular formula is C20H31ClIN3O2. The quantitative estimate of drug-likeness (QED) is 0.372. The summed E-state index contributed by atoms with van der Waals surface area (Å²) in [6.45, 7) is 6.79. The van der Waals surface area contributed by atoms with E-state index in [1.807, 2.05) is 12.1 Å². The molecule has 0 aliphatic carbocycles. The van der Waals surface area contributed by atoms with Gasteiger partial charge in [0.15, 0.2) is 5.96 Å². The van der Waals surface area contributed by atoms with Gasteiger partial charge < -0.3 is 20.1 Å². The van der Waals surface area contributed by atoms with Crippen LogP contribution in [0.2, 0.25) is 5.02 Å². The van der Waals surface area contributed by atoms with Gasteiger partial charge >= 0.3 is 0 Å². The summed E-state index contributed by atoms with van der Waals surface area (Å²) in [7, 11) is 0. The van der Waals surface area contributed by atoms with Gasteiger partial charge in [0.2, 0.25) is 0 Å². The first-order valence-electron chi connectivity index (χ1n) is 9.69. The van der Waals surface area contributed by atoms with E-state index in [1.165, 1.54) is 5.56 Å². The molecule has 0 saturated carbocycles. The lowest BCUT2D eigenvalue weighted by atomic mass is 9.74. The molecule has 27 heavy (non-hydrogen) atoms. The van der Waals surface area contributed by atoms with Crippen molar-refractivity contribution in [3.8, 4) is 0 Å². The van der Waals surface area contributed by atoms with Crippen LogP contribution in [0.25, 0.3) is 0 Å². The molecule has 1 aromatic rings. The minimum absolute atomic E-state index is 0. The zero-order chi connectivity index (χ0) is 18.4. The number of guanidine groups is 1. The van der Waals surface area contributed by atoms with Gasteiger partial charge in [-0.15, -0.1) is 24.0 Å². The maximum atomic E-state index is 9.78. The second-order valence-electron chi connectivity index (χ2n) is 7.26. The molecule has 0 spiro atoms. The molecule has 0 atom stereocenters. The summed E-state index contributed by atoms with van der Waals surface area (Å²) in [5.74, 6) is 0.942.